The van der Waals surface area contributed by atoms with Crippen LogP contribution in [0.5, 0.6) is 0 Å². The van der Waals surface area contributed by atoms with Gasteiger partial charge in [-0.3, -0.25) is 4.90 Å². The molecule has 1 aliphatic rings. The quantitative estimate of drug-likeness (QED) is 0.902. The fourth-order valence-corrected chi connectivity index (χ4v) is 2.90. The molecule has 0 bridgehead atoms. The molecular formula is C10H17ClN4S. The first kappa shape index (κ1) is 12.2. The van der Waals surface area contributed by atoms with E-state index in [4.69, 9.17) is 17.3 Å². The highest BCUT2D eigenvalue weighted by molar-refractivity contribution is 7.10. The van der Waals surface area contributed by atoms with Crippen molar-refractivity contribution in [1.82, 2.24) is 14.5 Å². The summed E-state index contributed by atoms with van der Waals surface area (Å²) in [4.78, 5) is 2.39. The summed E-state index contributed by atoms with van der Waals surface area (Å²) in [7, 11) is 0. The second kappa shape index (κ2) is 5.40. The number of rotatable bonds is 3. The third-order valence-electron chi connectivity index (χ3n) is 3.13. The predicted molar refractivity (Wildman–Crippen MR) is 66.6 cm³/mol. The van der Waals surface area contributed by atoms with Crippen molar-refractivity contribution < 1.29 is 0 Å². The minimum Gasteiger partial charge on any atom is -0.327 e. The SMILES string of the molecule is CC(N)C1CCCCN1Cc1nnsc1Cl. The van der Waals surface area contributed by atoms with Gasteiger partial charge in [-0.05, 0) is 26.3 Å². The molecule has 2 N–H and O–H groups in total. The number of halogens is 1. The second-order valence-corrected chi connectivity index (χ2v) is 5.74. The van der Waals surface area contributed by atoms with Crippen molar-refractivity contribution in [3.63, 3.8) is 0 Å². The number of hydrogen-bond donors (Lipinski definition) is 1. The third-order valence-corrected chi connectivity index (χ3v) is 4.12. The third kappa shape index (κ3) is 2.71. The minimum atomic E-state index is 0.200. The van der Waals surface area contributed by atoms with E-state index in [2.05, 4.69) is 21.4 Å². The standard InChI is InChI=1S/C10H17ClN4S/c1-7(12)9-4-2-3-5-15(9)6-8-10(11)16-14-13-8/h7,9H,2-6,12H2,1H3. The topological polar surface area (TPSA) is 55.0 Å². The fraction of sp³-hybridized carbons (Fsp3) is 0.800. The maximum atomic E-state index is 6.02. The molecule has 1 fully saturated rings. The van der Waals surface area contributed by atoms with Gasteiger partial charge in [-0.25, -0.2) is 0 Å². The molecule has 1 aromatic rings. The predicted octanol–water partition coefficient (Wildman–Crippen LogP) is 1.89. The maximum Gasteiger partial charge on any atom is 0.138 e. The van der Waals surface area contributed by atoms with Crippen LogP contribution in [-0.4, -0.2) is 33.1 Å². The Morgan fingerprint density at radius 1 is 1.62 bits per heavy atom. The monoisotopic (exact) mass is 260 g/mol. The van der Waals surface area contributed by atoms with Crippen LogP contribution in [0.4, 0.5) is 0 Å². The normalized spacial score (nSPS) is 24.6. The Hall–Kier alpha value is -0.230. The van der Waals surface area contributed by atoms with Gasteiger partial charge < -0.3 is 5.73 Å². The Morgan fingerprint density at radius 2 is 2.44 bits per heavy atom. The van der Waals surface area contributed by atoms with Gasteiger partial charge in [0.25, 0.3) is 0 Å². The van der Waals surface area contributed by atoms with E-state index in [0.717, 1.165) is 18.8 Å². The lowest BCUT2D eigenvalue weighted by atomic mass is 9.97. The van der Waals surface area contributed by atoms with Gasteiger partial charge in [0.1, 0.15) is 10.0 Å². The Labute approximate surface area is 105 Å². The molecule has 2 unspecified atom stereocenters. The number of likely N-dealkylation sites (tertiary alicyclic amines) is 1. The highest BCUT2D eigenvalue weighted by Gasteiger charge is 2.26. The van der Waals surface area contributed by atoms with Crippen LogP contribution < -0.4 is 5.73 Å². The van der Waals surface area contributed by atoms with Crippen LogP contribution in [0.1, 0.15) is 31.9 Å². The molecule has 1 saturated heterocycles. The molecule has 16 heavy (non-hydrogen) atoms. The van der Waals surface area contributed by atoms with Crippen LogP contribution in [0.25, 0.3) is 0 Å². The van der Waals surface area contributed by atoms with Crippen LogP contribution in [0.3, 0.4) is 0 Å². The van der Waals surface area contributed by atoms with Crippen molar-refractivity contribution in [3.8, 4) is 0 Å². The summed E-state index contributed by atoms with van der Waals surface area (Å²) in [6.45, 7) is 3.94. The zero-order valence-corrected chi connectivity index (χ0v) is 11.0. The van der Waals surface area contributed by atoms with Gasteiger partial charge >= 0.3 is 0 Å². The summed E-state index contributed by atoms with van der Waals surface area (Å²) in [5.41, 5.74) is 6.90. The average Bonchev–Trinajstić information content (AvgIpc) is 2.65. The van der Waals surface area contributed by atoms with Gasteiger partial charge in [0, 0.05) is 30.2 Å². The maximum absolute atomic E-state index is 6.02. The van der Waals surface area contributed by atoms with Crippen LogP contribution in [0.15, 0.2) is 0 Å². The molecule has 2 atom stereocenters. The summed E-state index contributed by atoms with van der Waals surface area (Å²) in [6, 6.07) is 0.650. The molecular weight excluding hydrogens is 244 g/mol. The van der Waals surface area contributed by atoms with Gasteiger partial charge in [-0.15, -0.1) is 5.10 Å². The fourth-order valence-electron chi connectivity index (χ4n) is 2.29. The zero-order valence-electron chi connectivity index (χ0n) is 9.40. The van der Waals surface area contributed by atoms with E-state index >= 15 is 0 Å². The summed E-state index contributed by atoms with van der Waals surface area (Å²) < 4.78 is 4.56. The highest BCUT2D eigenvalue weighted by Crippen LogP contribution is 2.24. The van der Waals surface area contributed by atoms with Gasteiger partial charge in [0.15, 0.2) is 0 Å². The van der Waals surface area contributed by atoms with Gasteiger partial charge in [0.05, 0.1) is 0 Å². The summed E-state index contributed by atoms with van der Waals surface area (Å²) in [5.74, 6) is 0. The molecule has 0 aromatic carbocycles. The molecule has 0 saturated carbocycles. The molecule has 2 rings (SSSR count). The first-order valence-electron chi connectivity index (χ1n) is 5.65. The van der Waals surface area contributed by atoms with Crippen LogP contribution >= 0.6 is 23.1 Å². The minimum absolute atomic E-state index is 0.200. The van der Waals surface area contributed by atoms with Crippen LogP contribution in [-0.2, 0) is 6.54 Å². The van der Waals surface area contributed by atoms with Crippen molar-refractivity contribution in [2.45, 2.75) is 44.8 Å². The smallest absolute Gasteiger partial charge is 0.138 e. The number of piperidine rings is 1. The van der Waals surface area contributed by atoms with Crippen molar-refractivity contribution in [3.05, 3.63) is 10.0 Å². The van der Waals surface area contributed by atoms with E-state index < -0.39 is 0 Å². The van der Waals surface area contributed by atoms with Crippen molar-refractivity contribution in [1.29, 1.82) is 0 Å². The lowest BCUT2D eigenvalue weighted by Crippen LogP contribution is -2.48. The summed E-state index contributed by atoms with van der Waals surface area (Å²) in [5, 5.41) is 4.06. The van der Waals surface area contributed by atoms with Crippen molar-refractivity contribution in [2.75, 3.05) is 6.54 Å². The molecule has 0 spiro atoms. The lowest BCUT2D eigenvalue weighted by Gasteiger charge is -2.37. The molecule has 90 valence electrons. The van der Waals surface area contributed by atoms with Crippen LogP contribution in [0, 0.1) is 0 Å². The molecule has 1 aliphatic heterocycles. The molecule has 6 heteroatoms. The first-order valence-corrected chi connectivity index (χ1v) is 6.80. The Kier molecular flexibility index (Phi) is 4.13. The largest absolute Gasteiger partial charge is 0.327 e. The molecule has 4 nitrogen and oxygen atoms in total. The van der Waals surface area contributed by atoms with E-state index in [-0.39, 0.29) is 6.04 Å². The van der Waals surface area contributed by atoms with Crippen molar-refractivity contribution >= 4 is 23.1 Å². The van der Waals surface area contributed by atoms with Crippen LogP contribution in [0.2, 0.25) is 4.34 Å². The first-order chi connectivity index (χ1) is 7.68. The van der Waals surface area contributed by atoms with E-state index in [0.29, 0.717) is 10.4 Å². The lowest BCUT2D eigenvalue weighted by molar-refractivity contribution is 0.121. The van der Waals surface area contributed by atoms with Crippen molar-refractivity contribution in [2.24, 2.45) is 5.73 Å². The average molecular weight is 261 g/mol. The summed E-state index contributed by atoms with van der Waals surface area (Å²) in [6.07, 6.45) is 3.68. The second-order valence-electron chi connectivity index (χ2n) is 4.39. The molecule has 0 radical (unpaired) electrons. The highest BCUT2D eigenvalue weighted by atomic mass is 35.5. The van der Waals surface area contributed by atoms with Gasteiger partial charge in [-0.2, -0.15) is 0 Å². The molecule has 2 heterocycles. The Balaban J connectivity index is 2.04. The molecule has 0 amide bonds. The van der Waals surface area contributed by atoms with E-state index in [1.807, 2.05) is 0 Å². The number of hydrogen-bond acceptors (Lipinski definition) is 5. The number of aromatic nitrogens is 2. The van der Waals surface area contributed by atoms with Gasteiger partial charge in [0.2, 0.25) is 0 Å². The molecule has 1 aromatic heterocycles. The van der Waals surface area contributed by atoms with Gasteiger partial charge in [-0.1, -0.05) is 22.5 Å². The Bertz CT molecular complexity index is 341. The number of nitrogens with two attached hydrogens (primary N) is 1. The molecule has 0 aliphatic carbocycles. The van der Waals surface area contributed by atoms with E-state index in [9.17, 15) is 0 Å². The Morgan fingerprint density at radius 3 is 3.06 bits per heavy atom. The summed E-state index contributed by atoms with van der Waals surface area (Å²) >= 11 is 7.27. The van der Waals surface area contributed by atoms with E-state index in [1.54, 1.807) is 0 Å². The van der Waals surface area contributed by atoms with E-state index in [1.165, 1.54) is 30.8 Å². The number of nitrogens with zero attached hydrogens (tertiary/aromatic N) is 3. The zero-order chi connectivity index (χ0) is 11.5.